The summed E-state index contributed by atoms with van der Waals surface area (Å²) in [6, 6.07) is 9.80. The van der Waals surface area contributed by atoms with E-state index in [1.807, 2.05) is 19.1 Å². The SMILES string of the molecule is C[C@H](CCc1ccco1)Nc1ncc2c(=O)n(Cc3ccccc3F)c(=O)[nH]c2n1. The van der Waals surface area contributed by atoms with Crippen LogP contribution in [-0.4, -0.2) is 25.6 Å². The molecule has 0 spiro atoms. The van der Waals surface area contributed by atoms with Crippen molar-refractivity contribution in [2.24, 2.45) is 0 Å². The summed E-state index contributed by atoms with van der Waals surface area (Å²) in [6.45, 7) is 1.80. The van der Waals surface area contributed by atoms with Crippen LogP contribution < -0.4 is 16.6 Å². The minimum absolute atomic E-state index is 0.0423. The fourth-order valence-electron chi connectivity index (χ4n) is 3.16. The summed E-state index contributed by atoms with van der Waals surface area (Å²) in [5, 5.41) is 3.31. The summed E-state index contributed by atoms with van der Waals surface area (Å²) in [7, 11) is 0. The average molecular weight is 409 g/mol. The van der Waals surface area contributed by atoms with Crippen molar-refractivity contribution < 1.29 is 8.81 Å². The molecule has 0 unspecified atom stereocenters. The number of benzene rings is 1. The first-order valence-electron chi connectivity index (χ1n) is 9.53. The molecule has 0 saturated heterocycles. The molecule has 0 aliphatic carbocycles. The Hall–Kier alpha value is -3.75. The molecule has 1 aromatic carbocycles. The van der Waals surface area contributed by atoms with Gasteiger partial charge in [0.1, 0.15) is 17.0 Å². The number of hydrogen-bond acceptors (Lipinski definition) is 6. The standard InChI is InChI=1S/C21H20FN5O3/c1-13(8-9-15-6-4-10-30-15)24-20-23-11-16-18(25-20)26-21(29)27(19(16)28)12-14-5-2-3-7-17(14)22/h2-7,10-11,13H,8-9,12H2,1H3,(H2,23,24,25,26,29)/t13-/m1/s1. The van der Waals surface area contributed by atoms with E-state index in [1.165, 1.54) is 18.3 Å². The summed E-state index contributed by atoms with van der Waals surface area (Å²) in [5.41, 5.74) is -0.861. The molecule has 0 bridgehead atoms. The molecule has 0 amide bonds. The lowest BCUT2D eigenvalue weighted by molar-refractivity contribution is 0.494. The Balaban J connectivity index is 1.56. The van der Waals surface area contributed by atoms with Crippen molar-refractivity contribution in [2.45, 2.75) is 32.4 Å². The third kappa shape index (κ3) is 4.14. The first-order chi connectivity index (χ1) is 14.5. The van der Waals surface area contributed by atoms with Crippen LogP contribution in [-0.2, 0) is 13.0 Å². The molecule has 4 rings (SSSR count). The van der Waals surface area contributed by atoms with Crippen LogP contribution in [0, 0.1) is 5.82 Å². The molecule has 30 heavy (non-hydrogen) atoms. The number of H-pyrrole nitrogens is 1. The highest BCUT2D eigenvalue weighted by atomic mass is 19.1. The summed E-state index contributed by atoms with van der Waals surface area (Å²) in [6.07, 6.45) is 4.54. The second-order valence-electron chi connectivity index (χ2n) is 7.03. The number of anilines is 1. The zero-order valence-electron chi connectivity index (χ0n) is 16.3. The number of aryl methyl sites for hydroxylation is 1. The van der Waals surface area contributed by atoms with Crippen molar-refractivity contribution in [3.05, 3.63) is 86.8 Å². The number of nitrogens with one attached hydrogen (secondary N) is 2. The molecule has 0 radical (unpaired) electrons. The fourth-order valence-corrected chi connectivity index (χ4v) is 3.16. The topological polar surface area (TPSA) is 106 Å². The van der Waals surface area contributed by atoms with Gasteiger partial charge in [0.25, 0.3) is 5.56 Å². The Labute approximate surface area is 170 Å². The lowest BCUT2D eigenvalue weighted by Crippen LogP contribution is -2.36. The van der Waals surface area contributed by atoms with Gasteiger partial charge in [-0.1, -0.05) is 18.2 Å². The Bertz CT molecular complexity index is 1280. The molecule has 8 nitrogen and oxygen atoms in total. The zero-order chi connectivity index (χ0) is 21.1. The molecule has 4 aromatic rings. The molecule has 0 fully saturated rings. The van der Waals surface area contributed by atoms with Gasteiger partial charge in [0.15, 0.2) is 5.65 Å². The van der Waals surface area contributed by atoms with Crippen molar-refractivity contribution in [2.75, 3.05) is 5.32 Å². The van der Waals surface area contributed by atoms with Gasteiger partial charge in [0, 0.05) is 24.2 Å². The quantitative estimate of drug-likeness (QED) is 0.486. The van der Waals surface area contributed by atoms with Gasteiger partial charge in [-0.05, 0) is 31.5 Å². The molecule has 3 heterocycles. The number of aromatic nitrogens is 4. The van der Waals surface area contributed by atoms with Crippen LogP contribution in [0.15, 0.2) is 62.9 Å². The van der Waals surface area contributed by atoms with E-state index in [4.69, 9.17) is 4.42 Å². The third-order valence-electron chi connectivity index (χ3n) is 4.80. The van der Waals surface area contributed by atoms with E-state index in [0.717, 1.165) is 23.2 Å². The van der Waals surface area contributed by atoms with E-state index in [2.05, 4.69) is 20.3 Å². The maximum atomic E-state index is 13.9. The highest BCUT2D eigenvalue weighted by Crippen LogP contribution is 2.11. The zero-order valence-corrected chi connectivity index (χ0v) is 16.3. The minimum atomic E-state index is -0.661. The lowest BCUT2D eigenvalue weighted by Gasteiger charge is -2.13. The van der Waals surface area contributed by atoms with E-state index in [-0.39, 0.29) is 29.2 Å². The molecule has 0 aliphatic rings. The normalized spacial score (nSPS) is 12.2. The third-order valence-corrected chi connectivity index (χ3v) is 4.80. The second-order valence-corrected chi connectivity index (χ2v) is 7.03. The number of aromatic amines is 1. The van der Waals surface area contributed by atoms with Crippen LogP contribution in [0.3, 0.4) is 0 Å². The number of halogens is 1. The van der Waals surface area contributed by atoms with E-state index >= 15 is 0 Å². The number of fused-ring (bicyclic) bond motifs is 1. The number of nitrogens with zero attached hydrogens (tertiary/aromatic N) is 3. The van der Waals surface area contributed by atoms with Gasteiger partial charge in [0.2, 0.25) is 5.95 Å². The van der Waals surface area contributed by atoms with E-state index in [0.29, 0.717) is 5.95 Å². The lowest BCUT2D eigenvalue weighted by atomic mass is 10.1. The number of hydrogen-bond donors (Lipinski definition) is 2. The van der Waals surface area contributed by atoms with Crippen molar-refractivity contribution >= 4 is 17.0 Å². The minimum Gasteiger partial charge on any atom is -0.469 e. The van der Waals surface area contributed by atoms with Crippen LogP contribution in [0.1, 0.15) is 24.7 Å². The van der Waals surface area contributed by atoms with E-state index < -0.39 is 17.1 Å². The van der Waals surface area contributed by atoms with E-state index in [9.17, 15) is 14.0 Å². The molecule has 9 heteroatoms. The van der Waals surface area contributed by atoms with Crippen molar-refractivity contribution in [3.63, 3.8) is 0 Å². The molecule has 0 aliphatic heterocycles. The van der Waals surface area contributed by atoms with Crippen LogP contribution in [0.4, 0.5) is 10.3 Å². The second kappa shape index (κ2) is 8.32. The Morgan fingerprint density at radius 2 is 2.07 bits per heavy atom. The van der Waals surface area contributed by atoms with Crippen molar-refractivity contribution in [3.8, 4) is 0 Å². The van der Waals surface area contributed by atoms with Gasteiger partial charge < -0.3 is 9.73 Å². The van der Waals surface area contributed by atoms with Gasteiger partial charge >= 0.3 is 5.69 Å². The highest BCUT2D eigenvalue weighted by molar-refractivity contribution is 5.73. The first-order valence-corrected chi connectivity index (χ1v) is 9.53. The Kier molecular flexibility index (Phi) is 5.42. The first kappa shape index (κ1) is 19.6. The maximum Gasteiger partial charge on any atom is 0.330 e. The maximum absolute atomic E-state index is 13.9. The highest BCUT2D eigenvalue weighted by Gasteiger charge is 2.13. The van der Waals surface area contributed by atoms with Crippen LogP contribution in [0.5, 0.6) is 0 Å². The van der Waals surface area contributed by atoms with Crippen LogP contribution >= 0.6 is 0 Å². The largest absolute Gasteiger partial charge is 0.469 e. The van der Waals surface area contributed by atoms with E-state index in [1.54, 1.807) is 18.4 Å². The van der Waals surface area contributed by atoms with Crippen LogP contribution in [0.25, 0.3) is 11.0 Å². The van der Waals surface area contributed by atoms with Gasteiger partial charge in [-0.15, -0.1) is 0 Å². The monoisotopic (exact) mass is 409 g/mol. The van der Waals surface area contributed by atoms with Crippen molar-refractivity contribution in [1.82, 2.24) is 19.5 Å². The molecule has 2 N–H and O–H groups in total. The number of rotatable bonds is 7. The molecular weight excluding hydrogens is 389 g/mol. The number of furan rings is 1. The predicted molar refractivity (Wildman–Crippen MR) is 110 cm³/mol. The molecule has 1 atom stereocenters. The van der Waals surface area contributed by atoms with Gasteiger partial charge in [-0.3, -0.25) is 14.3 Å². The smallest absolute Gasteiger partial charge is 0.330 e. The Morgan fingerprint density at radius 1 is 1.23 bits per heavy atom. The van der Waals surface area contributed by atoms with Crippen LogP contribution in [0.2, 0.25) is 0 Å². The Morgan fingerprint density at radius 3 is 2.83 bits per heavy atom. The predicted octanol–water partition coefficient (Wildman–Crippen LogP) is 2.69. The van der Waals surface area contributed by atoms with Crippen molar-refractivity contribution in [1.29, 1.82) is 0 Å². The fraction of sp³-hybridized carbons (Fsp3) is 0.238. The summed E-state index contributed by atoms with van der Waals surface area (Å²) in [4.78, 5) is 36.2. The summed E-state index contributed by atoms with van der Waals surface area (Å²) < 4.78 is 20.2. The average Bonchev–Trinajstić information content (AvgIpc) is 3.24. The van der Waals surface area contributed by atoms with Gasteiger partial charge in [-0.25, -0.2) is 14.2 Å². The summed E-state index contributed by atoms with van der Waals surface area (Å²) in [5.74, 6) is 0.711. The van der Waals surface area contributed by atoms with Gasteiger partial charge in [-0.2, -0.15) is 4.98 Å². The molecule has 0 saturated carbocycles. The summed E-state index contributed by atoms with van der Waals surface area (Å²) >= 11 is 0. The molecular formula is C21H20FN5O3. The van der Waals surface area contributed by atoms with Gasteiger partial charge in [0.05, 0.1) is 12.8 Å². The molecule has 3 aromatic heterocycles. The molecule has 154 valence electrons.